The second kappa shape index (κ2) is 5.26. The van der Waals surface area contributed by atoms with Crippen molar-refractivity contribution in [3.63, 3.8) is 0 Å². The van der Waals surface area contributed by atoms with Crippen LogP contribution in [0.15, 0.2) is 42.5 Å². The highest BCUT2D eigenvalue weighted by Crippen LogP contribution is 2.43. The number of hydrogen-bond acceptors (Lipinski definition) is 1. The van der Waals surface area contributed by atoms with Gasteiger partial charge in [-0.2, -0.15) is 0 Å². The molecule has 19 heavy (non-hydrogen) atoms. The first-order valence-corrected chi connectivity index (χ1v) is 10.2. The van der Waals surface area contributed by atoms with E-state index in [-0.39, 0.29) is 0 Å². The molecule has 0 saturated heterocycles. The van der Waals surface area contributed by atoms with E-state index in [1.165, 1.54) is 18.0 Å². The summed E-state index contributed by atoms with van der Waals surface area (Å²) < 4.78 is 6.51. The van der Waals surface area contributed by atoms with Crippen molar-refractivity contribution in [3.8, 4) is 0 Å². The fourth-order valence-electron chi connectivity index (χ4n) is 3.56. The van der Waals surface area contributed by atoms with E-state index in [1.54, 1.807) is 0 Å². The summed E-state index contributed by atoms with van der Waals surface area (Å²) in [7, 11) is -1.72. The maximum absolute atomic E-state index is 6.51. The molecule has 0 spiro atoms. The molecule has 102 valence electrons. The third-order valence-electron chi connectivity index (χ3n) is 5.09. The standard InChI is InChI=1S/C17H24OSi/c1-3-19(2,17-7-5-4-6-8-17)18-13-16-12-14-9-10-15(16)11-14/h4-10,14-16H,3,11-13H2,1-2H3. The molecule has 0 amide bonds. The van der Waals surface area contributed by atoms with Crippen LogP contribution in [0.4, 0.5) is 0 Å². The zero-order valence-corrected chi connectivity index (χ0v) is 13.0. The predicted octanol–water partition coefficient (Wildman–Crippen LogP) is 3.72. The highest BCUT2D eigenvalue weighted by atomic mass is 28.4. The maximum atomic E-state index is 6.51. The Morgan fingerprint density at radius 2 is 1.95 bits per heavy atom. The second-order valence-corrected chi connectivity index (χ2v) is 10.3. The van der Waals surface area contributed by atoms with Crippen LogP contribution >= 0.6 is 0 Å². The van der Waals surface area contributed by atoms with Gasteiger partial charge in [0.2, 0.25) is 8.32 Å². The summed E-state index contributed by atoms with van der Waals surface area (Å²) in [4.78, 5) is 0. The minimum absolute atomic E-state index is 0.775. The monoisotopic (exact) mass is 272 g/mol. The lowest BCUT2D eigenvalue weighted by Crippen LogP contribution is -2.48. The lowest BCUT2D eigenvalue weighted by atomic mass is 9.95. The minimum atomic E-state index is -1.72. The van der Waals surface area contributed by atoms with Crippen LogP contribution < -0.4 is 5.19 Å². The van der Waals surface area contributed by atoms with E-state index < -0.39 is 8.32 Å². The molecule has 2 bridgehead atoms. The van der Waals surface area contributed by atoms with Gasteiger partial charge in [-0.25, -0.2) is 0 Å². The zero-order chi connectivity index (χ0) is 13.3. The Balaban J connectivity index is 1.65. The molecule has 3 rings (SSSR count). The molecule has 0 aliphatic heterocycles. The maximum Gasteiger partial charge on any atom is 0.220 e. The molecule has 0 aromatic heterocycles. The molecule has 4 atom stereocenters. The van der Waals surface area contributed by atoms with Gasteiger partial charge < -0.3 is 4.43 Å². The molecule has 2 heteroatoms. The first-order valence-electron chi connectivity index (χ1n) is 7.59. The number of rotatable bonds is 5. The average molecular weight is 272 g/mol. The van der Waals surface area contributed by atoms with Crippen molar-refractivity contribution in [1.29, 1.82) is 0 Å². The van der Waals surface area contributed by atoms with Gasteiger partial charge in [-0.3, -0.25) is 0 Å². The third kappa shape index (κ3) is 2.56. The van der Waals surface area contributed by atoms with Crippen LogP contribution in [0.5, 0.6) is 0 Å². The normalized spacial score (nSPS) is 31.6. The molecule has 1 aromatic carbocycles. The molecule has 0 heterocycles. The van der Waals surface area contributed by atoms with Crippen molar-refractivity contribution in [2.75, 3.05) is 6.61 Å². The van der Waals surface area contributed by atoms with Gasteiger partial charge in [0.25, 0.3) is 0 Å². The van der Waals surface area contributed by atoms with E-state index >= 15 is 0 Å². The van der Waals surface area contributed by atoms with Crippen LogP contribution in [0.1, 0.15) is 19.8 Å². The predicted molar refractivity (Wildman–Crippen MR) is 83.0 cm³/mol. The first kappa shape index (κ1) is 13.1. The highest BCUT2D eigenvalue weighted by molar-refractivity contribution is 6.85. The van der Waals surface area contributed by atoms with Crippen molar-refractivity contribution >= 4 is 13.5 Å². The molecule has 2 aliphatic rings. The van der Waals surface area contributed by atoms with E-state index in [0.29, 0.717) is 0 Å². The fourth-order valence-corrected chi connectivity index (χ4v) is 5.82. The molecule has 1 aromatic rings. The Bertz CT molecular complexity index is 456. The van der Waals surface area contributed by atoms with Gasteiger partial charge in [0.1, 0.15) is 0 Å². The Morgan fingerprint density at radius 1 is 1.16 bits per heavy atom. The van der Waals surface area contributed by atoms with Gasteiger partial charge in [-0.15, -0.1) is 0 Å². The number of allylic oxidation sites excluding steroid dienone is 2. The summed E-state index contributed by atoms with van der Waals surface area (Å²) in [5.74, 6) is 2.43. The van der Waals surface area contributed by atoms with Crippen molar-refractivity contribution in [1.82, 2.24) is 0 Å². The van der Waals surface area contributed by atoms with E-state index in [4.69, 9.17) is 4.43 Å². The number of benzene rings is 1. The quantitative estimate of drug-likeness (QED) is 0.586. The third-order valence-corrected chi connectivity index (χ3v) is 8.80. The second-order valence-electron chi connectivity index (χ2n) is 6.30. The Kier molecular flexibility index (Phi) is 3.63. The number of hydrogen-bond donors (Lipinski definition) is 0. The van der Waals surface area contributed by atoms with Gasteiger partial charge in [0.15, 0.2) is 0 Å². The average Bonchev–Trinajstić information content (AvgIpc) is 3.08. The van der Waals surface area contributed by atoms with Crippen LogP contribution in [-0.4, -0.2) is 14.9 Å². The summed E-state index contributed by atoms with van der Waals surface area (Å²) >= 11 is 0. The lowest BCUT2D eigenvalue weighted by molar-refractivity contribution is 0.222. The molecule has 1 saturated carbocycles. The van der Waals surface area contributed by atoms with Crippen molar-refractivity contribution in [3.05, 3.63) is 42.5 Å². The van der Waals surface area contributed by atoms with Crippen LogP contribution in [0.25, 0.3) is 0 Å². The lowest BCUT2D eigenvalue weighted by Gasteiger charge is -2.30. The number of fused-ring (bicyclic) bond motifs is 2. The molecule has 4 unspecified atom stereocenters. The molecule has 0 N–H and O–H groups in total. The van der Waals surface area contributed by atoms with E-state index in [1.807, 2.05) is 0 Å². The zero-order valence-electron chi connectivity index (χ0n) is 12.0. The molecular weight excluding hydrogens is 248 g/mol. The Morgan fingerprint density at radius 3 is 2.53 bits per heavy atom. The smallest absolute Gasteiger partial charge is 0.220 e. The topological polar surface area (TPSA) is 9.23 Å². The van der Waals surface area contributed by atoms with Crippen LogP contribution in [0.3, 0.4) is 0 Å². The van der Waals surface area contributed by atoms with Gasteiger partial charge in [0, 0.05) is 6.61 Å². The van der Waals surface area contributed by atoms with E-state index in [0.717, 1.165) is 30.4 Å². The van der Waals surface area contributed by atoms with Crippen molar-refractivity contribution in [2.24, 2.45) is 17.8 Å². The molecule has 1 fully saturated rings. The minimum Gasteiger partial charge on any atom is -0.412 e. The summed E-state index contributed by atoms with van der Waals surface area (Å²) in [6.07, 6.45) is 7.57. The molecule has 2 aliphatic carbocycles. The van der Waals surface area contributed by atoms with Gasteiger partial charge in [-0.1, -0.05) is 49.4 Å². The van der Waals surface area contributed by atoms with Crippen molar-refractivity contribution < 1.29 is 4.43 Å². The SMILES string of the molecule is CC[Si](C)(OCC1CC2C=CC1C2)c1ccccc1. The van der Waals surface area contributed by atoms with Gasteiger partial charge in [-0.05, 0) is 48.4 Å². The fraction of sp³-hybridized carbons (Fsp3) is 0.529. The summed E-state index contributed by atoms with van der Waals surface area (Å²) in [5.41, 5.74) is 0. The highest BCUT2D eigenvalue weighted by Gasteiger charge is 2.38. The van der Waals surface area contributed by atoms with Crippen LogP contribution in [0, 0.1) is 17.8 Å². The molecule has 1 nitrogen and oxygen atoms in total. The van der Waals surface area contributed by atoms with Gasteiger partial charge >= 0.3 is 0 Å². The van der Waals surface area contributed by atoms with Crippen molar-refractivity contribution in [2.45, 2.75) is 32.4 Å². The van der Waals surface area contributed by atoms with Gasteiger partial charge in [0.05, 0.1) is 0 Å². The summed E-state index contributed by atoms with van der Waals surface area (Å²) in [6, 6.07) is 12.0. The summed E-state index contributed by atoms with van der Waals surface area (Å²) in [5, 5.41) is 1.44. The van der Waals surface area contributed by atoms with E-state index in [2.05, 4.69) is 56.0 Å². The first-order chi connectivity index (χ1) is 9.21. The molecule has 0 radical (unpaired) electrons. The van der Waals surface area contributed by atoms with Crippen LogP contribution in [0.2, 0.25) is 12.6 Å². The molecular formula is C17H24OSi. The Labute approximate surface area is 117 Å². The van der Waals surface area contributed by atoms with E-state index in [9.17, 15) is 0 Å². The Hall–Kier alpha value is -0.863. The summed E-state index contributed by atoms with van der Waals surface area (Å²) in [6.45, 7) is 5.61. The van der Waals surface area contributed by atoms with Crippen LogP contribution in [-0.2, 0) is 4.43 Å². The largest absolute Gasteiger partial charge is 0.412 e.